The standard InChI is InChI=1S/C12H22FNO3/c1-12(2,3)17-11(16)14-6-4-9(5-7-15)10(13)8-14/h9-10,15H,4-8H2,1-3H3/t9-,10-/m0/s1. The quantitative estimate of drug-likeness (QED) is 0.811. The van der Waals surface area contributed by atoms with Crippen LogP contribution in [-0.4, -0.2) is 47.6 Å². The van der Waals surface area contributed by atoms with E-state index in [2.05, 4.69) is 0 Å². The van der Waals surface area contributed by atoms with Crippen LogP contribution in [0.4, 0.5) is 9.18 Å². The van der Waals surface area contributed by atoms with Gasteiger partial charge in [-0.2, -0.15) is 0 Å². The smallest absolute Gasteiger partial charge is 0.410 e. The maximum absolute atomic E-state index is 13.7. The van der Waals surface area contributed by atoms with E-state index in [4.69, 9.17) is 9.84 Å². The van der Waals surface area contributed by atoms with Crippen molar-refractivity contribution in [1.82, 2.24) is 4.90 Å². The van der Waals surface area contributed by atoms with Gasteiger partial charge >= 0.3 is 6.09 Å². The number of nitrogens with zero attached hydrogens (tertiary/aromatic N) is 1. The number of rotatable bonds is 2. The molecule has 0 aromatic carbocycles. The lowest BCUT2D eigenvalue weighted by Crippen LogP contribution is -2.47. The minimum Gasteiger partial charge on any atom is -0.444 e. The number of halogens is 1. The molecule has 0 radical (unpaired) electrons. The van der Waals surface area contributed by atoms with E-state index in [9.17, 15) is 9.18 Å². The topological polar surface area (TPSA) is 49.8 Å². The van der Waals surface area contributed by atoms with Gasteiger partial charge in [0, 0.05) is 13.2 Å². The van der Waals surface area contributed by atoms with Crippen LogP contribution < -0.4 is 0 Å². The van der Waals surface area contributed by atoms with Gasteiger partial charge < -0.3 is 14.7 Å². The van der Waals surface area contributed by atoms with Gasteiger partial charge in [0.15, 0.2) is 0 Å². The van der Waals surface area contributed by atoms with Crippen LogP contribution in [0.15, 0.2) is 0 Å². The van der Waals surface area contributed by atoms with Gasteiger partial charge in [0.25, 0.3) is 0 Å². The van der Waals surface area contributed by atoms with Crippen molar-refractivity contribution in [3.05, 3.63) is 0 Å². The molecular weight excluding hydrogens is 225 g/mol. The van der Waals surface area contributed by atoms with Gasteiger partial charge in [-0.05, 0) is 39.5 Å². The zero-order valence-corrected chi connectivity index (χ0v) is 10.8. The fourth-order valence-electron chi connectivity index (χ4n) is 1.94. The van der Waals surface area contributed by atoms with E-state index >= 15 is 0 Å². The summed E-state index contributed by atoms with van der Waals surface area (Å²) in [5.74, 6) is -0.140. The first-order valence-corrected chi connectivity index (χ1v) is 6.06. The van der Waals surface area contributed by atoms with Gasteiger partial charge in [-0.1, -0.05) is 0 Å². The summed E-state index contributed by atoms with van der Waals surface area (Å²) in [5, 5.41) is 8.79. The summed E-state index contributed by atoms with van der Waals surface area (Å²) in [4.78, 5) is 13.1. The number of aliphatic hydroxyl groups excluding tert-OH is 1. The summed E-state index contributed by atoms with van der Waals surface area (Å²) in [5.41, 5.74) is -0.551. The number of piperidine rings is 1. The summed E-state index contributed by atoms with van der Waals surface area (Å²) in [6, 6.07) is 0. The number of hydrogen-bond donors (Lipinski definition) is 1. The molecular formula is C12H22FNO3. The summed E-state index contributed by atoms with van der Waals surface area (Å²) >= 11 is 0. The molecule has 1 saturated heterocycles. The van der Waals surface area contributed by atoms with Crippen LogP contribution in [-0.2, 0) is 4.74 Å². The third kappa shape index (κ3) is 4.50. The van der Waals surface area contributed by atoms with Gasteiger partial charge in [0.1, 0.15) is 11.8 Å². The van der Waals surface area contributed by atoms with Crippen LogP contribution in [0, 0.1) is 5.92 Å². The molecule has 1 rings (SSSR count). The van der Waals surface area contributed by atoms with Gasteiger partial charge in [-0.15, -0.1) is 0 Å². The summed E-state index contributed by atoms with van der Waals surface area (Å²) in [6.45, 7) is 5.93. The Morgan fingerprint density at radius 3 is 2.65 bits per heavy atom. The summed E-state index contributed by atoms with van der Waals surface area (Å²) in [6.07, 6.45) is -0.476. The molecule has 0 bridgehead atoms. The van der Waals surface area contributed by atoms with E-state index in [-0.39, 0.29) is 19.1 Å². The van der Waals surface area contributed by atoms with Gasteiger partial charge in [-0.3, -0.25) is 0 Å². The fraction of sp³-hybridized carbons (Fsp3) is 0.917. The van der Waals surface area contributed by atoms with Crippen molar-refractivity contribution >= 4 is 6.09 Å². The van der Waals surface area contributed by atoms with E-state index in [1.807, 2.05) is 0 Å². The predicted molar refractivity (Wildman–Crippen MR) is 62.5 cm³/mol. The van der Waals surface area contributed by atoms with Crippen molar-refractivity contribution in [3.8, 4) is 0 Å². The van der Waals surface area contributed by atoms with E-state index in [0.717, 1.165) is 0 Å². The van der Waals surface area contributed by atoms with Crippen LogP contribution in [0.2, 0.25) is 0 Å². The zero-order valence-electron chi connectivity index (χ0n) is 10.8. The van der Waals surface area contributed by atoms with Crippen LogP contribution in [0.3, 0.4) is 0 Å². The monoisotopic (exact) mass is 247 g/mol. The number of hydrogen-bond acceptors (Lipinski definition) is 3. The first-order chi connectivity index (χ1) is 7.83. The van der Waals surface area contributed by atoms with Gasteiger partial charge in [-0.25, -0.2) is 9.18 Å². The molecule has 0 spiro atoms. The van der Waals surface area contributed by atoms with E-state index in [0.29, 0.717) is 19.4 Å². The molecule has 0 unspecified atom stereocenters. The lowest BCUT2D eigenvalue weighted by atomic mass is 9.92. The second-order valence-corrected chi connectivity index (χ2v) is 5.50. The van der Waals surface area contributed by atoms with Gasteiger partial charge in [0.05, 0.1) is 6.54 Å². The highest BCUT2D eigenvalue weighted by molar-refractivity contribution is 5.68. The number of aliphatic hydroxyl groups is 1. The lowest BCUT2D eigenvalue weighted by Gasteiger charge is -2.35. The molecule has 4 nitrogen and oxygen atoms in total. The largest absolute Gasteiger partial charge is 0.444 e. The Morgan fingerprint density at radius 1 is 1.53 bits per heavy atom. The Bertz CT molecular complexity index is 265. The van der Waals surface area contributed by atoms with E-state index in [1.165, 1.54) is 4.90 Å². The zero-order chi connectivity index (χ0) is 13.1. The van der Waals surface area contributed by atoms with Gasteiger partial charge in [0.2, 0.25) is 0 Å². The minimum absolute atomic E-state index is 0.00246. The number of amides is 1. The number of alkyl halides is 1. The first kappa shape index (κ1) is 14.2. The lowest BCUT2D eigenvalue weighted by molar-refractivity contribution is 0.00325. The molecule has 1 fully saturated rings. The fourth-order valence-corrected chi connectivity index (χ4v) is 1.94. The Kier molecular flexibility index (Phi) is 4.74. The molecule has 1 heterocycles. The second kappa shape index (κ2) is 5.67. The number of likely N-dealkylation sites (tertiary alicyclic amines) is 1. The molecule has 1 aliphatic heterocycles. The maximum Gasteiger partial charge on any atom is 0.410 e. The third-order valence-corrected chi connectivity index (χ3v) is 2.83. The van der Waals surface area contributed by atoms with Crippen molar-refractivity contribution in [2.24, 2.45) is 5.92 Å². The third-order valence-electron chi connectivity index (χ3n) is 2.83. The molecule has 2 atom stereocenters. The highest BCUT2D eigenvalue weighted by atomic mass is 19.1. The number of carbonyl (C=O) groups is 1. The summed E-state index contributed by atoms with van der Waals surface area (Å²) in [7, 11) is 0. The van der Waals surface area contributed by atoms with Crippen molar-refractivity contribution in [1.29, 1.82) is 0 Å². The molecule has 0 aromatic heterocycles. The second-order valence-electron chi connectivity index (χ2n) is 5.50. The van der Waals surface area contributed by atoms with Crippen LogP contribution in [0.5, 0.6) is 0 Å². The molecule has 5 heteroatoms. The van der Waals surface area contributed by atoms with Crippen molar-refractivity contribution in [2.75, 3.05) is 19.7 Å². The van der Waals surface area contributed by atoms with Crippen LogP contribution in [0.25, 0.3) is 0 Å². The molecule has 17 heavy (non-hydrogen) atoms. The predicted octanol–water partition coefficient (Wildman–Crippen LogP) is 1.96. The van der Waals surface area contributed by atoms with E-state index in [1.54, 1.807) is 20.8 Å². The number of carbonyl (C=O) groups excluding carboxylic acids is 1. The molecule has 0 aromatic rings. The average Bonchev–Trinajstić information content (AvgIpc) is 2.18. The van der Waals surface area contributed by atoms with Crippen molar-refractivity contribution < 1.29 is 19.0 Å². The van der Waals surface area contributed by atoms with E-state index < -0.39 is 17.9 Å². The first-order valence-electron chi connectivity index (χ1n) is 6.06. The molecule has 1 aliphatic rings. The molecule has 0 aliphatic carbocycles. The maximum atomic E-state index is 13.7. The SMILES string of the molecule is CC(C)(C)OC(=O)N1CC[C@@H](CCO)[C@@H](F)C1. The van der Waals surface area contributed by atoms with Crippen LogP contribution in [0.1, 0.15) is 33.6 Å². The molecule has 1 amide bonds. The molecule has 1 N–H and O–H groups in total. The highest BCUT2D eigenvalue weighted by Gasteiger charge is 2.33. The molecule has 0 saturated carbocycles. The normalized spacial score (nSPS) is 25.8. The number of ether oxygens (including phenoxy) is 1. The Labute approximate surface area is 102 Å². The van der Waals surface area contributed by atoms with Crippen LogP contribution >= 0.6 is 0 Å². The minimum atomic E-state index is -1.07. The Morgan fingerprint density at radius 2 is 2.18 bits per heavy atom. The van der Waals surface area contributed by atoms with Crippen molar-refractivity contribution in [2.45, 2.75) is 45.4 Å². The Hall–Kier alpha value is -0.840. The molecule has 100 valence electrons. The Balaban J connectivity index is 2.46. The average molecular weight is 247 g/mol. The van der Waals surface area contributed by atoms with Crippen molar-refractivity contribution in [3.63, 3.8) is 0 Å². The highest BCUT2D eigenvalue weighted by Crippen LogP contribution is 2.24. The summed E-state index contributed by atoms with van der Waals surface area (Å²) < 4.78 is 18.9.